The highest BCUT2D eigenvalue weighted by Crippen LogP contribution is 2.38. The number of alkyl halides is 3. The monoisotopic (exact) mass is 325 g/mol. The molecular weight excluding hydrogens is 307 g/mol. The van der Waals surface area contributed by atoms with E-state index in [1.54, 1.807) is 0 Å². The molecule has 2 aliphatic rings. The molecule has 1 spiro atoms. The van der Waals surface area contributed by atoms with Crippen LogP contribution in [0.1, 0.15) is 25.7 Å². The van der Waals surface area contributed by atoms with Crippen molar-refractivity contribution in [3.05, 3.63) is 0 Å². The maximum Gasteiger partial charge on any atom is 0.441 e. The van der Waals surface area contributed by atoms with Gasteiger partial charge in [-0.15, -0.1) is 0 Å². The molecule has 1 aliphatic heterocycles. The standard InChI is InChI=1S/C12H18F3N3O2S/c13-12(14,15)21-6-5-18-9(19)11(17-10(18)20)4-2-1-3-8(11)7-16/h8H,1-7,16H2,(H,17,20). The van der Waals surface area contributed by atoms with E-state index in [4.69, 9.17) is 5.73 Å². The Morgan fingerprint density at radius 1 is 1.38 bits per heavy atom. The Balaban J connectivity index is 2.05. The number of rotatable bonds is 4. The van der Waals surface area contributed by atoms with Crippen LogP contribution in [-0.4, -0.2) is 46.7 Å². The predicted octanol–water partition coefficient (Wildman–Crippen LogP) is 1.68. The number of nitrogens with two attached hydrogens (primary N) is 1. The molecule has 2 rings (SSSR count). The summed E-state index contributed by atoms with van der Waals surface area (Å²) < 4.78 is 36.4. The lowest BCUT2D eigenvalue weighted by Crippen LogP contribution is -2.57. The second-order valence-corrected chi connectivity index (χ2v) is 6.49. The molecule has 2 unspecified atom stereocenters. The largest absolute Gasteiger partial charge is 0.441 e. The molecule has 1 heterocycles. The van der Waals surface area contributed by atoms with E-state index in [0.29, 0.717) is 6.42 Å². The molecule has 3 amide bonds. The Morgan fingerprint density at radius 3 is 2.71 bits per heavy atom. The highest BCUT2D eigenvalue weighted by Gasteiger charge is 2.55. The van der Waals surface area contributed by atoms with Gasteiger partial charge in [0.25, 0.3) is 5.91 Å². The van der Waals surface area contributed by atoms with Crippen LogP contribution in [-0.2, 0) is 4.79 Å². The Hall–Kier alpha value is -0.960. The number of imide groups is 1. The van der Waals surface area contributed by atoms with Crippen molar-refractivity contribution in [1.82, 2.24) is 10.2 Å². The lowest BCUT2D eigenvalue weighted by atomic mass is 9.72. The fraction of sp³-hybridized carbons (Fsp3) is 0.833. The molecule has 0 bridgehead atoms. The summed E-state index contributed by atoms with van der Waals surface area (Å²) in [5, 5.41) is 2.68. The van der Waals surface area contributed by atoms with Crippen molar-refractivity contribution in [1.29, 1.82) is 0 Å². The Morgan fingerprint density at radius 2 is 2.10 bits per heavy atom. The highest BCUT2D eigenvalue weighted by molar-refractivity contribution is 8.00. The van der Waals surface area contributed by atoms with Crippen LogP contribution in [0.2, 0.25) is 0 Å². The van der Waals surface area contributed by atoms with Gasteiger partial charge >= 0.3 is 11.5 Å². The van der Waals surface area contributed by atoms with Crippen molar-refractivity contribution in [2.45, 2.75) is 36.7 Å². The van der Waals surface area contributed by atoms with Gasteiger partial charge in [-0.3, -0.25) is 9.69 Å². The number of nitrogens with one attached hydrogen (secondary N) is 1. The van der Waals surface area contributed by atoms with Gasteiger partial charge in [0.15, 0.2) is 0 Å². The van der Waals surface area contributed by atoms with Crippen LogP contribution >= 0.6 is 11.8 Å². The number of hydrogen-bond acceptors (Lipinski definition) is 4. The van der Waals surface area contributed by atoms with Gasteiger partial charge in [-0.05, 0) is 31.1 Å². The van der Waals surface area contributed by atoms with Crippen LogP contribution in [0.5, 0.6) is 0 Å². The Kier molecular flexibility index (Phi) is 4.72. The molecule has 9 heteroatoms. The molecule has 120 valence electrons. The number of carbonyl (C=O) groups is 2. The number of halogens is 3. The van der Waals surface area contributed by atoms with Crippen LogP contribution in [0.15, 0.2) is 0 Å². The molecule has 0 aromatic rings. The summed E-state index contributed by atoms with van der Waals surface area (Å²) in [5.41, 5.74) is 0.327. The number of nitrogens with zero attached hydrogens (tertiary/aromatic N) is 1. The van der Waals surface area contributed by atoms with Gasteiger partial charge in [0, 0.05) is 18.2 Å². The summed E-state index contributed by atoms with van der Waals surface area (Å²) >= 11 is -0.232. The van der Waals surface area contributed by atoms with E-state index in [9.17, 15) is 22.8 Å². The molecular formula is C12H18F3N3O2S. The maximum atomic E-state index is 12.5. The van der Waals surface area contributed by atoms with Crippen molar-refractivity contribution >= 4 is 23.7 Å². The first-order chi connectivity index (χ1) is 9.80. The van der Waals surface area contributed by atoms with Crippen LogP contribution in [0.25, 0.3) is 0 Å². The molecule has 2 atom stereocenters. The topological polar surface area (TPSA) is 75.4 Å². The summed E-state index contributed by atoms with van der Waals surface area (Å²) in [7, 11) is 0. The summed E-state index contributed by atoms with van der Waals surface area (Å²) in [5.74, 6) is -0.931. The normalized spacial score (nSPS) is 30.1. The van der Waals surface area contributed by atoms with Crippen LogP contribution < -0.4 is 11.1 Å². The van der Waals surface area contributed by atoms with Crippen molar-refractivity contribution in [3.8, 4) is 0 Å². The minimum Gasteiger partial charge on any atom is -0.330 e. The lowest BCUT2D eigenvalue weighted by Gasteiger charge is -2.38. The molecule has 0 radical (unpaired) electrons. The number of urea groups is 1. The van der Waals surface area contributed by atoms with Crippen molar-refractivity contribution < 1.29 is 22.8 Å². The van der Waals surface area contributed by atoms with E-state index in [-0.39, 0.29) is 36.5 Å². The first-order valence-electron chi connectivity index (χ1n) is 6.85. The molecule has 0 aromatic carbocycles. The van der Waals surface area contributed by atoms with E-state index in [2.05, 4.69) is 5.32 Å². The minimum absolute atomic E-state index is 0.150. The maximum absolute atomic E-state index is 12.5. The van der Waals surface area contributed by atoms with Crippen molar-refractivity contribution in [2.75, 3.05) is 18.8 Å². The minimum atomic E-state index is -4.36. The van der Waals surface area contributed by atoms with Crippen LogP contribution in [0.3, 0.4) is 0 Å². The number of amides is 3. The molecule has 1 aliphatic carbocycles. The number of carbonyl (C=O) groups excluding carboxylic acids is 2. The summed E-state index contributed by atoms with van der Waals surface area (Å²) in [4.78, 5) is 25.3. The van der Waals surface area contributed by atoms with E-state index < -0.39 is 23.0 Å². The van der Waals surface area contributed by atoms with Gasteiger partial charge in [0.05, 0.1) is 0 Å². The second kappa shape index (κ2) is 6.04. The van der Waals surface area contributed by atoms with Gasteiger partial charge in [-0.1, -0.05) is 12.8 Å². The summed E-state index contributed by atoms with van der Waals surface area (Å²) in [6.07, 6.45) is 2.99. The highest BCUT2D eigenvalue weighted by atomic mass is 32.2. The average molecular weight is 325 g/mol. The van der Waals surface area contributed by atoms with Gasteiger partial charge in [0.1, 0.15) is 5.54 Å². The fourth-order valence-electron chi connectivity index (χ4n) is 3.11. The molecule has 1 saturated heterocycles. The van der Waals surface area contributed by atoms with Crippen LogP contribution in [0.4, 0.5) is 18.0 Å². The van der Waals surface area contributed by atoms with Crippen molar-refractivity contribution in [2.24, 2.45) is 11.7 Å². The van der Waals surface area contributed by atoms with E-state index >= 15 is 0 Å². The third-order valence-corrected chi connectivity index (χ3v) is 4.85. The van der Waals surface area contributed by atoms with E-state index in [1.807, 2.05) is 0 Å². The Labute approximate surface area is 124 Å². The lowest BCUT2D eigenvalue weighted by molar-refractivity contribution is -0.134. The second-order valence-electron chi connectivity index (χ2n) is 5.33. The average Bonchev–Trinajstić information content (AvgIpc) is 2.63. The molecule has 3 N–H and O–H groups in total. The molecule has 0 aromatic heterocycles. The van der Waals surface area contributed by atoms with E-state index in [1.165, 1.54) is 0 Å². The van der Waals surface area contributed by atoms with Gasteiger partial charge < -0.3 is 11.1 Å². The smallest absolute Gasteiger partial charge is 0.330 e. The molecule has 21 heavy (non-hydrogen) atoms. The number of hydrogen-bond donors (Lipinski definition) is 2. The molecule has 2 fully saturated rings. The SMILES string of the molecule is NCC1CCCCC12NC(=O)N(CCSC(F)(F)F)C2=O. The number of thioether (sulfide) groups is 1. The van der Waals surface area contributed by atoms with Crippen LogP contribution in [0, 0.1) is 5.92 Å². The summed E-state index contributed by atoms with van der Waals surface area (Å²) in [6.45, 7) is 0.0328. The molecule has 1 saturated carbocycles. The first-order valence-corrected chi connectivity index (χ1v) is 7.83. The quantitative estimate of drug-likeness (QED) is 0.771. The fourth-order valence-corrected chi connectivity index (χ4v) is 3.62. The zero-order chi connectivity index (χ0) is 15.7. The van der Waals surface area contributed by atoms with Crippen molar-refractivity contribution in [3.63, 3.8) is 0 Å². The Bertz CT molecular complexity index is 432. The zero-order valence-corrected chi connectivity index (χ0v) is 12.2. The van der Waals surface area contributed by atoms with E-state index in [0.717, 1.165) is 24.2 Å². The third-order valence-electron chi connectivity index (χ3n) is 4.14. The van der Waals surface area contributed by atoms with Gasteiger partial charge in [-0.2, -0.15) is 13.2 Å². The zero-order valence-electron chi connectivity index (χ0n) is 11.4. The third kappa shape index (κ3) is 3.28. The summed E-state index contributed by atoms with van der Waals surface area (Å²) in [6, 6.07) is -0.608. The van der Waals surface area contributed by atoms with Gasteiger partial charge in [-0.25, -0.2) is 4.79 Å². The molecule has 5 nitrogen and oxygen atoms in total. The van der Waals surface area contributed by atoms with Gasteiger partial charge in [0.2, 0.25) is 0 Å². The first kappa shape index (κ1) is 16.4. The predicted molar refractivity (Wildman–Crippen MR) is 72.5 cm³/mol.